The van der Waals surface area contributed by atoms with Crippen molar-refractivity contribution < 1.29 is 0 Å². The van der Waals surface area contributed by atoms with Crippen LogP contribution in [0, 0.1) is 0 Å². The maximum Gasteiger partial charge on any atom is 0.0544 e. The van der Waals surface area contributed by atoms with Gasteiger partial charge in [-0.25, -0.2) is 0 Å². The maximum atomic E-state index is 6.31. The summed E-state index contributed by atoms with van der Waals surface area (Å²) in [4.78, 5) is 0. The fraction of sp³-hybridized carbons (Fsp3) is 0.0769. The van der Waals surface area contributed by atoms with Gasteiger partial charge in [0.15, 0.2) is 0 Å². The summed E-state index contributed by atoms with van der Waals surface area (Å²) in [6, 6.07) is 11.7. The molecule has 0 aliphatic heterocycles. The smallest absolute Gasteiger partial charge is 0.0544 e. The van der Waals surface area contributed by atoms with Gasteiger partial charge in [-0.05, 0) is 23.8 Å². The van der Waals surface area contributed by atoms with Crippen LogP contribution in [-0.4, -0.2) is 0 Å². The van der Waals surface area contributed by atoms with Crippen LogP contribution in [0.15, 0.2) is 40.9 Å². The van der Waals surface area contributed by atoms with Crippen LogP contribution in [-0.2, 0) is 6.54 Å². The molecular formula is C13H10BrCl2N. The topological polar surface area (TPSA) is 26.0 Å². The van der Waals surface area contributed by atoms with Crippen molar-refractivity contribution in [1.82, 2.24) is 0 Å². The molecule has 0 saturated carbocycles. The fourth-order valence-corrected chi connectivity index (χ4v) is 2.54. The molecule has 2 N–H and O–H groups in total. The van der Waals surface area contributed by atoms with Gasteiger partial charge in [-0.2, -0.15) is 0 Å². The molecule has 0 fully saturated rings. The van der Waals surface area contributed by atoms with Crippen molar-refractivity contribution in [2.45, 2.75) is 6.54 Å². The minimum atomic E-state index is 0.335. The second-order valence-electron chi connectivity index (χ2n) is 3.60. The van der Waals surface area contributed by atoms with E-state index >= 15 is 0 Å². The predicted molar refractivity (Wildman–Crippen MR) is 77.5 cm³/mol. The number of halogens is 3. The Morgan fingerprint density at radius 2 is 1.65 bits per heavy atom. The maximum absolute atomic E-state index is 6.31. The lowest BCUT2D eigenvalue weighted by atomic mass is 10.0. The summed E-state index contributed by atoms with van der Waals surface area (Å²) >= 11 is 15.8. The van der Waals surface area contributed by atoms with E-state index < -0.39 is 0 Å². The molecule has 0 heterocycles. The number of nitrogens with two attached hydrogens (primary N) is 1. The molecule has 0 amide bonds. The average Bonchev–Trinajstić information content (AvgIpc) is 2.31. The van der Waals surface area contributed by atoms with Gasteiger partial charge in [0.05, 0.1) is 5.02 Å². The van der Waals surface area contributed by atoms with Crippen molar-refractivity contribution >= 4 is 39.1 Å². The van der Waals surface area contributed by atoms with Crippen molar-refractivity contribution in [2.24, 2.45) is 5.73 Å². The molecule has 0 bridgehead atoms. The van der Waals surface area contributed by atoms with Crippen LogP contribution in [0.25, 0.3) is 11.1 Å². The van der Waals surface area contributed by atoms with Crippen molar-refractivity contribution in [1.29, 1.82) is 0 Å². The summed E-state index contributed by atoms with van der Waals surface area (Å²) in [5.74, 6) is 0. The summed E-state index contributed by atoms with van der Waals surface area (Å²) in [5, 5.41) is 1.24. The molecule has 4 heteroatoms. The van der Waals surface area contributed by atoms with Crippen molar-refractivity contribution in [3.05, 3.63) is 56.5 Å². The SMILES string of the molecule is NCc1c(Cl)ccc(-c2ccc(Br)cc2)c1Cl. The summed E-state index contributed by atoms with van der Waals surface area (Å²) in [6.45, 7) is 0.335. The highest BCUT2D eigenvalue weighted by Gasteiger charge is 2.10. The van der Waals surface area contributed by atoms with E-state index in [1.165, 1.54) is 0 Å². The van der Waals surface area contributed by atoms with E-state index in [-0.39, 0.29) is 0 Å². The van der Waals surface area contributed by atoms with Crippen molar-refractivity contribution in [3.8, 4) is 11.1 Å². The van der Waals surface area contributed by atoms with Gasteiger partial charge in [0.1, 0.15) is 0 Å². The zero-order chi connectivity index (χ0) is 12.4. The van der Waals surface area contributed by atoms with Crippen molar-refractivity contribution in [3.63, 3.8) is 0 Å². The van der Waals surface area contributed by atoms with Gasteiger partial charge in [-0.1, -0.05) is 57.3 Å². The van der Waals surface area contributed by atoms with Crippen LogP contribution in [0.2, 0.25) is 10.0 Å². The van der Waals surface area contributed by atoms with E-state index in [9.17, 15) is 0 Å². The van der Waals surface area contributed by atoms with Crippen LogP contribution >= 0.6 is 39.1 Å². The van der Waals surface area contributed by atoms with Gasteiger partial charge in [-0.3, -0.25) is 0 Å². The molecule has 0 atom stereocenters. The lowest BCUT2D eigenvalue weighted by Crippen LogP contribution is -1.99. The summed E-state index contributed by atoms with van der Waals surface area (Å²) in [5.41, 5.74) is 8.43. The van der Waals surface area contributed by atoms with Gasteiger partial charge >= 0.3 is 0 Å². The summed E-state index contributed by atoms with van der Waals surface area (Å²) in [6.07, 6.45) is 0. The number of hydrogen-bond acceptors (Lipinski definition) is 1. The van der Waals surface area contributed by atoms with Crippen LogP contribution < -0.4 is 5.73 Å². The molecule has 2 aromatic rings. The Balaban J connectivity index is 2.56. The summed E-state index contributed by atoms with van der Waals surface area (Å²) in [7, 11) is 0. The second kappa shape index (κ2) is 5.40. The molecule has 1 nitrogen and oxygen atoms in total. The second-order valence-corrected chi connectivity index (χ2v) is 5.30. The molecule has 0 radical (unpaired) electrons. The van der Waals surface area contributed by atoms with Crippen molar-refractivity contribution in [2.75, 3.05) is 0 Å². The Hall–Kier alpha value is -0.540. The van der Waals surface area contributed by atoms with E-state index in [0.717, 1.165) is 21.2 Å². The third-order valence-electron chi connectivity index (χ3n) is 2.55. The van der Waals surface area contributed by atoms with Gasteiger partial charge < -0.3 is 5.73 Å². The highest BCUT2D eigenvalue weighted by molar-refractivity contribution is 9.10. The Morgan fingerprint density at radius 1 is 1.00 bits per heavy atom. The molecule has 2 aromatic carbocycles. The standard InChI is InChI=1S/C13H10BrCl2N/c14-9-3-1-8(2-4-9)10-5-6-12(15)11(7-17)13(10)16/h1-6H,7,17H2. The molecular weight excluding hydrogens is 321 g/mol. The summed E-state index contributed by atoms with van der Waals surface area (Å²) < 4.78 is 1.03. The lowest BCUT2D eigenvalue weighted by molar-refractivity contribution is 1.07. The quantitative estimate of drug-likeness (QED) is 0.834. The van der Waals surface area contributed by atoms with Gasteiger partial charge in [0, 0.05) is 27.2 Å². The molecule has 0 unspecified atom stereocenters. The lowest BCUT2D eigenvalue weighted by Gasteiger charge is -2.10. The van der Waals surface area contributed by atoms with E-state index in [0.29, 0.717) is 16.6 Å². The molecule has 88 valence electrons. The first-order chi connectivity index (χ1) is 8.13. The Kier molecular flexibility index (Phi) is 4.10. The minimum absolute atomic E-state index is 0.335. The largest absolute Gasteiger partial charge is 0.326 e. The van der Waals surface area contributed by atoms with Gasteiger partial charge in [0.2, 0.25) is 0 Å². The zero-order valence-electron chi connectivity index (χ0n) is 8.88. The number of hydrogen-bond donors (Lipinski definition) is 1. The third kappa shape index (κ3) is 2.66. The normalized spacial score (nSPS) is 10.6. The first-order valence-electron chi connectivity index (χ1n) is 5.06. The highest BCUT2D eigenvalue weighted by atomic mass is 79.9. The zero-order valence-corrected chi connectivity index (χ0v) is 12.0. The predicted octanol–water partition coefficient (Wildman–Crippen LogP) is 4.88. The number of rotatable bonds is 2. The van der Waals surface area contributed by atoms with Crippen LogP contribution in [0.1, 0.15) is 5.56 Å². The molecule has 0 aliphatic rings. The molecule has 17 heavy (non-hydrogen) atoms. The fourth-order valence-electron chi connectivity index (χ4n) is 1.64. The Morgan fingerprint density at radius 3 is 2.24 bits per heavy atom. The highest BCUT2D eigenvalue weighted by Crippen LogP contribution is 2.34. The Bertz CT molecular complexity index is 538. The monoisotopic (exact) mass is 329 g/mol. The molecule has 0 saturated heterocycles. The third-order valence-corrected chi connectivity index (χ3v) is 3.86. The van der Waals surface area contributed by atoms with E-state index in [1.54, 1.807) is 0 Å². The number of benzene rings is 2. The van der Waals surface area contributed by atoms with Gasteiger partial charge in [0.25, 0.3) is 0 Å². The van der Waals surface area contributed by atoms with E-state index in [4.69, 9.17) is 28.9 Å². The molecule has 0 aromatic heterocycles. The van der Waals surface area contributed by atoms with Crippen LogP contribution in [0.3, 0.4) is 0 Å². The first kappa shape index (κ1) is 12.9. The Labute approximate surface area is 119 Å². The van der Waals surface area contributed by atoms with E-state index in [2.05, 4.69) is 15.9 Å². The minimum Gasteiger partial charge on any atom is -0.326 e. The van der Waals surface area contributed by atoms with Crippen LogP contribution in [0.4, 0.5) is 0 Å². The van der Waals surface area contributed by atoms with E-state index in [1.807, 2.05) is 36.4 Å². The van der Waals surface area contributed by atoms with Gasteiger partial charge in [-0.15, -0.1) is 0 Å². The first-order valence-corrected chi connectivity index (χ1v) is 6.61. The molecule has 0 spiro atoms. The van der Waals surface area contributed by atoms with Crippen LogP contribution in [0.5, 0.6) is 0 Å². The average molecular weight is 331 g/mol. The molecule has 0 aliphatic carbocycles. The molecule has 2 rings (SSSR count).